The minimum absolute atomic E-state index is 0.112. The first kappa shape index (κ1) is 20.2. The molecule has 1 aliphatic heterocycles. The van der Waals surface area contributed by atoms with E-state index >= 15 is 0 Å². The highest BCUT2D eigenvalue weighted by atomic mass is 16.3. The fourth-order valence-corrected chi connectivity index (χ4v) is 3.53. The molecule has 4 N–H and O–H groups in total. The second-order valence-electron chi connectivity index (χ2n) is 7.52. The van der Waals surface area contributed by atoms with Crippen LogP contribution in [0.4, 0.5) is 5.69 Å². The van der Waals surface area contributed by atoms with Crippen molar-refractivity contribution in [2.45, 2.75) is 32.2 Å². The van der Waals surface area contributed by atoms with Crippen LogP contribution in [0.2, 0.25) is 0 Å². The number of carbonyl (C=O) groups excluding carboxylic acids is 3. The molecule has 3 amide bonds. The maximum Gasteiger partial charge on any atom is 0.313 e. The normalized spacial score (nSPS) is 21.4. The molecular weight excluding hydrogens is 374 g/mol. The van der Waals surface area contributed by atoms with E-state index < -0.39 is 23.3 Å². The van der Waals surface area contributed by atoms with Crippen LogP contribution in [0.25, 0.3) is 0 Å². The molecule has 2 aromatic rings. The summed E-state index contributed by atoms with van der Waals surface area (Å²) >= 11 is 0. The molecule has 29 heavy (non-hydrogen) atoms. The second kappa shape index (κ2) is 7.86. The van der Waals surface area contributed by atoms with E-state index in [1.807, 2.05) is 13.8 Å². The van der Waals surface area contributed by atoms with Gasteiger partial charge in [-0.05, 0) is 43.4 Å². The van der Waals surface area contributed by atoms with Crippen LogP contribution in [0.3, 0.4) is 0 Å². The van der Waals surface area contributed by atoms with Gasteiger partial charge in [-0.2, -0.15) is 0 Å². The minimum atomic E-state index is -0.833. The Hall–Kier alpha value is -3.49. The quantitative estimate of drug-likeness (QED) is 0.669. The Morgan fingerprint density at radius 1 is 1.28 bits per heavy atom. The van der Waals surface area contributed by atoms with E-state index in [1.54, 1.807) is 6.07 Å². The number of carbonyl (C=O) groups is 3. The second-order valence-corrected chi connectivity index (χ2v) is 7.52. The van der Waals surface area contributed by atoms with Crippen molar-refractivity contribution in [2.75, 3.05) is 11.9 Å². The monoisotopic (exact) mass is 397 g/mol. The van der Waals surface area contributed by atoms with E-state index in [0.29, 0.717) is 13.0 Å². The Bertz CT molecular complexity index is 946. The van der Waals surface area contributed by atoms with Gasteiger partial charge in [0, 0.05) is 25.0 Å². The molecule has 0 aromatic carbocycles. The summed E-state index contributed by atoms with van der Waals surface area (Å²) in [6, 6.07) is 4.53. The average Bonchev–Trinajstić information content (AvgIpc) is 2.70. The van der Waals surface area contributed by atoms with E-state index in [0.717, 1.165) is 12.0 Å². The fourth-order valence-electron chi connectivity index (χ4n) is 3.53. The summed E-state index contributed by atoms with van der Waals surface area (Å²) < 4.78 is 0. The van der Waals surface area contributed by atoms with Gasteiger partial charge in [-0.15, -0.1) is 0 Å². The highest BCUT2D eigenvalue weighted by Crippen LogP contribution is 2.39. The Kier molecular flexibility index (Phi) is 5.49. The van der Waals surface area contributed by atoms with Crippen LogP contribution in [-0.4, -0.2) is 44.2 Å². The zero-order valence-corrected chi connectivity index (χ0v) is 16.3. The van der Waals surface area contributed by atoms with Gasteiger partial charge in [-0.1, -0.05) is 6.92 Å². The number of likely N-dealkylation sites (tertiary alicyclic amines) is 1. The summed E-state index contributed by atoms with van der Waals surface area (Å²) in [6.07, 6.45) is 5.66. The van der Waals surface area contributed by atoms with E-state index in [2.05, 4.69) is 15.3 Å². The Balaban J connectivity index is 1.85. The number of hydrogen-bond acceptors (Lipinski definition) is 6. The molecule has 0 unspecified atom stereocenters. The molecule has 0 spiro atoms. The standard InChI is InChI=1S/C20H23N5O4/c1-12-5-6-20(2,14-3-4-16(26)23-9-14)25(11-12)19(29)18(28)24-15-7-13(17(21)27)8-22-10-15/h3-4,7-10,12H,5-6,11H2,1-2H3,(H2,21,27)(H,23,26)(H,24,28)/t12-,20+/m1/s1. The lowest BCUT2D eigenvalue weighted by molar-refractivity contribution is -0.150. The Morgan fingerprint density at radius 2 is 2.03 bits per heavy atom. The van der Waals surface area contributed by atoms with Crippen LogP contribution in [0.1, 0.15) is 42.6 Å². The Labute approximate surface area is 167 Å². The SMILES string of the molecule is C[C@@H]1CC[C@@](C)(c2ccc(O)nc2)N(C(=O)C(=O)Nc2cncc(C(N)=O)c2)C1. The van der Waals surface area contributed by atoms with Gasteiger partial charge in [0.25, 0.3) is 0 Å². The first-order valence-corrected chi connectivity index (χ1v) is 9.24. The lowest BCUT2D eigenvalue weighted by Crippen LogP contribution is -2.55. The topological polar surface area (TPSA) is 139 Å². The molecule has 3 heterocycles. The summed E-state index contributed by atoms with van der Waals surface area (Å²) in [4.78, 5) is 46.3. The number of aromatic nitrogens is 2. The summed E-state index contributed by atoms with van der Waals surface area (Å²) in [5.74, 6) is -2.10. The van der Waals surface area contributed by atoms with Gasteiger partial charge in [-0.25, -0.2) is 4.98 Å². The van der Waals surface area contributed by atoms with E-state index in [4.69, 9.17) is 5.73 Å². The molecule has 0 bridgehead atoms. The molecule has 1 saturated heterocycles. The van der Waals surface area contributed by atoms with Gasteiger partial charge in [0.1, 0.15) is 0 Å². The number of anilines is 1. The molecule has 9 heteroatoms. The molecule has 3 rings (SSSR count). The molecule has 1 aliphatic rings. The minimum Gasteiger partial charge on any atom is -0.493 e. The average molecular weight is 397 g/mol. The number of amides is 3. The molecule has 152 valence electrons. The van der Waals surface area contributed by atoms with Crippen molar-refractivity contribution in [3.05, 3.63) is 47.9 Å². The number of piperidine rings is 1. The van der Waals surface area contributed by atoms with Gasteiger partial charge in [0.2, 0.25) is 11.8 Å². The predicted octanol–water partition coefficient (Wildman–Crippen LogP) is 1.39. The number of rotatable bonds is 3. The maximum absolute atomic E-state index is 13.1. The fraction of sp³-hybridized carbons (Fsp3) is 0.350. The van der Waals surface area contributed by atoms with Crippen molar-refractivity contribution >= 4 is 23.4 Å². The van der Waals surface area contributed by atoms with Crippen LogP contribution >= 0.6 is 0 Å². The molecule has 9 nitrogen and oxygen atoms in total. The highest BCUT2D eigenvalue weighted by Gasteiger charge is 2.43. The van der Waals surface area contributed by atoms with Gasteiger partial charge >= 0.3 is 11.8 Å². The van der Waals surface area contributed by atoms with Gasteiger partial charge in [-0.3, -0.25) is 19.4 Å². The number of nitrogens with two attached hydrogens (primary N) is 1. The number of hydrogen-bond donors (Lipinski definition) is 3. The van der Waals surface area contributed by atoms with E-state index in [9.17, 15) is 19.5 Å². The van der Waals surface area contributed by atoms with Crippen LogP contribution in [-0.2, 0) is 15.1 Å². The molecule has 0 radical (unpaired) electrons. The van der Waals surface area contributed by atoms with Gasteiger partial charge in [0.05, 0.1) is 23.0 Å². The third-order valence-corrected chi connectivity index (χ3v) is 5.30. The molecule has 0 aliphatic carbocycles. The number of aromatic hydroxyl groups is 1. The van der Waals surface area contributed by atoms with Crippen LogP contribution in [0, 0.1) is 5.92 Å². The van der Waals surface area contributed by atoms with Crippen molar-refractivity contribution in [2.24, 2.45) is 11.7 Å². The first-order valence-electron chi connectivity index (χ1n) is 9.24. The van der Waals surface area contributed by atoms with Crippen molar-refractivity contribution in [3.8, 4) is 5.88 Å². The zero-order valence-electron chi connectivity index (χ0n) is 16.3. The predicted molar refractivity (Wildman–Crippen MR) is 105 cm³/mol. The largest absolute Gasteiger partial charge is 0.493 e. The first-order chi connectivity index (χ1) is 13.7. The molecular formula is C20H23N5O4. The number of primary amides is 1. The van der Waals surface area contributed by atoms with Gasteiger partial charge < -0.3 is 21.1 Å². The number of nitrogens with zero attached hydrogens (tertiary/aromatic N) is 3. The molecule has 0 saturated carbocycles. The van der Waals surface area contributed by atoms with Crippen molar-refractivity contribution in [3.63, 3.8) is 0 Å². The highest BCUT2D eigenvalue weighted by molar-refractivity contribution is 6.39. The Morgan fingerprint density at radius 3 is 2.69 bits per heavy atom. The van der Waals surface area contributed by atoms with Gasteiger partial charge in [0.15, 0.2) is 0 Å². The maximum atomic E-state index is 13.1. The van der Waals surface area contributed by atoms with Crippen molar-refractivity contribution in [1.29, 1.82) is 0 Å². The molecule has 2 aromatic heterocycles. The van der Waals surface area contributed by atoms with E-state index in [-0.39, 0.29) is 23.0 Å². The summed E-state index contributed by atoms with van der Waals surface area (Å²) in [5, 5.41) is 12.0. The van der Waals surface area contributed by atoms with Crippen molar-refractivity contribution < 1.29 is 19.5 Å². The smallest absolute Gasteiger partial charge is 0.313 e. The van der Waals surface area contributed by atoms with E-state index in [1.165, 1.54) is 35.6 Å². The third kappa shape index (κ3) is 4.18. The van der Waals surface area contributed by atoms with Crippen molar-refractivity contribution in [1.82, 2.24) is 14.9 Å². The van der Waals surface area contributed by atoms with Crippen LogP contribution in [0.15, 0.2) is 36.8 Å². The third-order valence-electron chi connectivity index (χ3n) is 5.30. The molecule has 1 fully saturated rings. The summed E-state index contributed by atoms with van der Waals surface area (Å²) in [5.41, 5.74) is 5.55. The number of nitrogens with one attached hydrogen (secondary N) is 1. The van der Waals surface area contributed by atoms with Crippen LogP contribution < -0.4 is 11.1 Å². The molecule has 2 atom stereocenters. The summed E-state index contributed by atoms with van der Waals surface area (Å²) in [7, 11) is 0. The zero-order chi connectivity index (χ0) is 21.2. The lowest BCUT2D eigenvalue weighted by atomic mass is 9.79. The summed E-state index contributed by atoms with van der Waals surface area (Å²) in [6.45, 7) is 4.31. The number of pyridine rings is 2. The lowest BCUT2D eigenvalue weighted by Gasteiger charge is -2.46. The van der Waals surface area contributed by atoms with Crippen LogP contribution in [0.5, 0.6) is 5.88 Å².